The lowest BCUT2D eigenvalue weighted by Gasteiger charge is -2.15. The number of para-hydroxylation sites is 1. The van der Waals surface area contributed by atoms with Gasteiger partial charge in [-0.2, -0.15) is 0 Å². The van der Waals surface area contributed by atoms with Crippen LogP contribution < -0.4 is 15.4 Å². The van der Waals surface area contributed by atoms with E-state index in [1.54, 1.807) is 25.3 Å². The average Bonchev–Trinajstić information content (AvgIpc) is 3.16. The molecule has 1 saturated heterocycles. The number of aromatic nitrogens is 1. The number of methoxy groups -OCH3 is 1. The van der Waals surface area contributed by atoms with E-state index in [1.165, 1.54) is 11.8 Å². The number of hydrogen-bond donors (Lipinski definition) is 2. The predicted octanol–water partition coefficient (Wildman–Crippen LogP) is 4.44. The fourth-order valence-corrected chi connectivity index (χ4v) is 4.27. The summed E-state index contributed by atoms with van der Waals surface area (Å²) in [5, 5.41) is 7.92. The molecule has 3 aromatic rings. The maximum atomic E-state index is 12.4. The number of benzene rings is 2. The molecule has 1 amide bonds. The number of rotatable bonds is 4. The summed E-state index contributed by atoms with van der Waals surface area (Å²) in [6.07, 6.45) is 3.96. The molecule has 1 aromatic heterocycles. The maximum absolute atomic E-state index is 12.4. The highest BCUT2D eigenvalue weighted by Crippen LogP contribution is 2.35. The van der Waals surface area contributed by atoms with Crippen LogP contribution in [0.15, 0.2) is 53.6 Å². The van der Waals surface area contributed by atoms with Gasteiger partial charge >= 0.3 is 0 Å². The Balaban J connectivity index is 1.59. The van der Waals surface area contributed by atoms with Crippen LogP contribution in [-0.2, 0) is 11.8 Å². The van der Waals surface area contributed by atoms with E-state index in [-0.39, 0.29) is 11.4 Å². The third kappa shape index (κ3) is 3.50. The molecule has 1 unspecified atom stereocenters. The highest BCUT2D eigenvalue weighted by Gasteiger charge is 2.28. The van der Waals surface area contributed by atoms with E-state index in [0.717, 1.165) is 22.2 Å². The number of amides is 1. The first-order chi connectivity index (χ1) is 13.0. The van der Waals surface area contributed by atoms with E-state index in [0.29, 0.717) is 15.7 Å². The standard InChI is InChI=1S/C20H18ClN3O2S/c1-24-11-12(14-5-3-4-6-16(14)24)9-18-19(25)23-20(27-18)22-15-10-13(21)7-8-17(15)26-2/h3-11,20,22H,1-2H3,(H,23,25)/b18-9-. The summed E-state index contributed by atoms with van der Waals surface area (Å²) in [4.78, 5) is 13.1. The lowest BCUT2D eigenvalue weighted by atomic mass is 10.1. The summed E-state index contributed by atoms with van der Waals surface area (Å²) in [7, 11) is 3.60. The van der Waals surface area contributed by atoms with Gasteiger partial charge in [-0.15, -0.1) is 0 Å². The molecule has 0 radical (unpaired) electrons. The number of thioether (sulfide) groups is 1. The zero-order valence-electron chi connectivity index (χ0n) is 14.8. The molecule has 138 valence electrons. The Kier molecular flexibility index (Phi) is 4.76. The number of fused-ring (bicyclic) bond motifs is 1. The Bertz CT molecular complexity index is 1060. The topological polar surface area (TPSA) is 55.3 Å². The molecule has 27 heavy (non-hydrogen) atoms. The molecule has 0 spiro atoms. The van der Waals surface area contributed by atoms with Crippen molar-refractivity contribution in [3.63, 3.8) is 0 Å². The van der Waals surface area contributed by atoms with E-state index < -0.39 is 0 Å². The molecule has 2 N–H and O–H groups in total. The van der Waals surface area contributed by atoms with Crippen molar-refractivity contribution < 1.29 is 9.53 Å². The molecule has 1 atom stereocenters. The maximum Gasteiger partial charge on any atom is 0.260 e. The minimum absolute atomic E-state index is 0.105. The lowest BCUT2D eigenvalue weighted by Crippen LogP contribution is -2.31. The Morgan fingerprint density at radius 1 is 1.30 bits per heavy atom. The van der Waals surface area contributed by atoms with Crippen molar-refractivity contribution in [2.45, 2.75) is 5.50 Å². The summed E-state index contributed by atoms with van der Waals surface area (Å²) in [5.41, 5.74) is 2.58. The van der Waals surface area contributed by atoms with E-state index in [2.05, 4.69) is 27.3 Å². The summed E-state index contributed by atoms with van der Waals surface area (Å²) in [6, 6.07) is 13.5. The molecular weight excluding hydrogens is 382 g/mol. The summed E-state index contributed by atoms with van der Waals surface area (Å²) in [5.74, 6) is 0.562. The van der Waals surface area contributed by atoms with Gasteiger partial charge in [0.1, 0.15) is 5.75 Å². The Morgan fingerprint density at radius 2 is 2.11 bits per heavy atom. The molecule has 0 bridgehead atoms. The zero-order chi connectivity index (χ0) is 19.0. The first kappa shape index (κ1) is 17.8. The molecule has 2 aromatic carbocycles. The van der Waals surface area contributed by atoms with Crippen molar-refractivity contribution in [2.75, 3.05) is 12.4 Å². The second kappa shape index (κ2) is 7.21. The van der Waals surface area contributed by atoms with Crippen LogP contribution in [0.5, 0.6) is 5.75 Å². The van der Waals surface area contributed by atoms with E-state index >= 15 is 0 Å². The van der Waals surface area contributed by atoms with Gasteiger partial charge in [-0.3, -0.25) is 4.79 Å². The molecule has 0 aliphatic carbocycles. The second-order valence-corrected chi connectivity index (χ2v) is 7.76. The first-order valence-electron chi connectivity index (χ1n) is 8.38. The minimum Gasteiger partial charge on any atom is -0.495 e. The summed E-state index contributed by atoms with van der Waals surface area (Å²) in [6.45, 7) is 0. The van der Waals surface area contributed by atoms with Crippen molar-refractivity contribution in [1.82, 2.24) is 9.88 Å². The number of carbonyl (C=O) groups is 1. The quantitative estimate of drug-likeness (QED) is 0.637. The monoisotopic (exact) mass is 399 g/mol. The molecule has 1 fully saturated rings. The molecule has 1 aliphatic heterocycles. The largest absolute Gasteiger partial charge is 0.495 e. The fourth-order valence-electron chi connectivity index (χ4n) is 3.13. The number of nitrogens with zero attached hydrogens (tertiary/aromatic N) is 1. The van der Waals surface area contributed by atoms with Gasteiger partial charge in [0, 0.05) is 34.7 Å². The van der Waals surface area contributed by atoms with Crippen LogP contribution >= 0.6 is 23.4 Å². The number of ether oxygens (including phenoxy) is 1. The SMILES string of the molecule is COc1ccc(Cl)cc1NC1NC(=O)/C(=C/c2cn(C)c3ccccc23)S1. The lowest BCUT2D eigenvalue weighted by molar-refractivity contribution is -0.116. The number of carbonyl (C=O) groups excluding carboxylic acids is 1. The van der Waals surface area contributed by atoms with Gasteiger partial charge in [-0.25, -0.2) is 0 Å². The van der Waals surface area contributed by atoms with Crippen LogP contribution in [0.4, 0.5) is 5.69 Å². The molecule has 5 nitrogen and oxygen atoms in total. The van der Waals surface area contributed by atoms with Crippen LogP contribution in [0.3, 0.4) is 0 Å². The van der Waals surface area contributed by atoms with Crippen molar-refractivity contribution in [3.05, 3.63) is 64.2 Å². The first-order valence-corrected chi connectivity index (χ1v) is 9.64. The predicted molar refractivity (Wildman–Crippen MR) is 112 cm³/mol. The average molecular weight is 400 g/mol. The number of anilines is 1. The van der Waals surface area contributed by atoms with Crippen LogP contribution in [0.1, 0.15) is 5.56 Å². The number of halogens is 1. The van der Waals surface area contributed by atoms with Gasteiger partial charge in [0.2, 0.25) is 0 Å². The molecule has 2 heterocycles. The van der Waals surface area contributed by atoms with Crippen molar-refractivity contribution in [1.29, 1.82) is 0 Å². The fraction of sp³-hybridized carbons (Fsp3) is 0.150. The molecule has 0 saturated carbocycles. The summed E-state index contributed by atoms with van der Waals surface area (Å²) >= 11 is 7.51. The van der Waals surface area contributed by atoms with E-state index in [9.17, 15) is 4.79 Å². The number of hydrogen-bond acceptors (Lipinski definition) is 4. The normalized spacial score (nSPS) is 18.1. The van der Waals surface area contributed by atoms with Crippen molar-refractivity contribution in [2.24, 2.45) is 7.05 Å². The Hall–Kier alpha value is -2.57. The van der Waals surface area contributed by atoms with Crippen LogP contribution in [0.2, 0.25) is 5.02 Å². The molecular formula is C20H18ClN3O2S. The van der Waals surface area contributed by atoms with Crippen LogP contribution in [0, 0.1) is 0 Å². The number of aryl methyl sites for hydroxylation is 1. The molecule has 1 aliphatic rings. The van der Waals surface area contributed by atoms with Gasteiger partial charge in [0.25, 0.3) is 5.91 Å². The summed E-state index contributed by atoms with van der Waals surface area (Å²) < 4.78 is 7.41. The molecule has 7 heteroatoms. The highest BCUT2D eigenvalue weighted by atomic mass is 35.5. The third-order valence-electron chi connectivity index (χ3n) is 4.39. The van der Waals surface area contributed by atoms with E-state index in [1.807, 2.05) is 31.5 Å². The third-order valence-corrected chi connectivity index (χ3v) is 5.66. The highest BCUT2D eigenvalue weighted by molar-refractivity contribution is 8.05. The zero-order valence-corrected chi connectivity index (χ0v) is 16.4. The molecule has 4 rings (SSSR count). The second-order valence-electron chi connectivity index (χ2n) is 6.18. The van der Waals surface area contributed by atoms with Gasteiger partial charge in [0.05, 0.1) is 17.7 Å². The van der Waals surface area contributed by atoms with E-state index in [4.69, 9.17) is 16.3 Å². The van der Waals surface area contributed by atoms with Gasteiger partial charge < -0.3 is 19.9 Å². The van der Waals surface area contributed by atoms with Gasteiger partial charge in [-0.1, -0.05) is 41.6 Å². The van der Waals surface area contributed by atoms with Crippen LogP contribution in [-0.4, -0.2) is 23.1 Å². The Labute approximate surface area is 166 Å². The Morgan fingerprint density at radius 3 is 2.93 bits per heavy atom. The van der Waals surface area contributed by atoms with Crippen molar-refractivity contribution >= 4 is 51.9 Å². The number of nitrogens with one attached hydrogen (secondary N) is 2. The minimum atomic E-state index is -0.300. The van der Waals surface area contributed by atoms with Gasteiger partial charge in [0.15, 0.2) is 5.50 Å². The smallest absolute Gasteiger partial charge is 0.260 e. The van der Waals surface area contributed by atoms with Crippen LogP contribution in [0.25, 0.3) is 17.0 Å². The van der Waals surface area contributed by atoms with Crippen molar-refractivity contribution in [3.8, 4) is 5.75 Å². The van der Waals surface area contributed by atoms with Gasteiger partial charge in [-0.05, 0) is 30.3 Å².